The number of fused-ring (bicyclic) bond motifs is 1. The zero-order valence-electron chi connectivity index (χ0n) is 11.3. The van der Waals surface area contributed by atoms with Crippen LogP contribution in [-0.4, -0.2) is 15.8 Å². The van der Waals surface area contributed by atoms with Crippen molar-refractivity contribution in [2.75, 3.05) is 0 Å². The van der Waals surface area contributed by atoms with Gasteiger partial charge in [-0.05, 0) is 37.5 Å². The summed E-state index contributed by atoms with van der Waals surface area (Å²) < 4.78 is 1.84. The van der Waals surface area contributed by atoms with E-state index in [1.165, 1.54) is 12.8 Å². The standard InChI is InChI=1S/C16H19N3/c1-19-11-14-8-7-13(10-16(14)18-19)6-5-12-3-2-4-15(17)9-12/h7-8,10-12,15H,2-4,9,17H2,1H3. The number of rotatable bonds is 0. The van der Waals surface area contributed by atoms with Crippen molar-refractivity contribution in [2.45, 2.75) is 31.7 Å². The molecule has 2 N–H and O–H groups in total. The van der Waals surface area contributed by atoms with E-state index in [0.717, 1.165) is 29.3 Å². The summed E-state index contributed by atoms with van der Waals surface area (Å²) in [6, 6.07) is 6.55. The summed E-state index contributed by atoms with van der Waals surface area (Å²) in [6.45, 7) is 0. The largest absolute Gasteiger partial charge is 0.328 e. The minimum atomic E-state index is 0.339. The van der Waals surface area contributed by atoms with E-state index in [2.05, 4.69) is 35.1 Å². The number of nitrogens with two attached hydrogens (primary N) is 1. The van der Waals surface area contributed by atoms with Gasteiger partial charge in [0.05, 0.1) is 5.52 Å². The van der Waals surface area contributed by atoms with Crippen LogP contribution in [0.25, 0.3) is 10.9 Å². The molecule has 1 aromatic heterocycles. The summed E-state index contributed by atoms with van der Waals surface area (Å²) in [7, 11) is 1.94. The molecular formula is C16H19N3. The summed E-state index contributed by atoms with van der Waals surface area (Å²) in [4.78, 5) is 0. The molecule has 0 radical (unpaired) electrons. The van der Waals surface area contributed by atoms with Crippen LogP contribution in [0.1, 0.15) is 31.2 Å². The molecule has 1 aliphatic carbocycles. The highest BCUT2D eigenvalue weighted by Gasteiger charge is 2.16. The molecule has 1 fully saturated rings. The number of nitrogens with zero attached hydrogens (tertiary/aromatic N) is 2. The summed E-state index contributed by atoms with van der Waals surface area (Å²) in [5.41, 5.74) is 8.05. The maximum absolute atomic E-state index is 5.99. The number of hydrogen-bond donors (Lipinski definition) is 1. The average Bonchev–Trinajstić information content (AvgIpc) is 2.75. The van der Waals surface area contributed by atoms with Crippen molar-refractivity contribution in [2.24, 2.45) is 18.7 Å². The van der Waals surface area contributed by atoms with Crippen molar-refractivity contribution < 1.29 is 0 Å². The van der Waals surface area contributed by atoms with Crippen molar-refractivity contribution in [1.82, 2.24) is 9.78 Å². The van der Waals surface area contributed by atoms with Crippen molar-refractivity contribution in [3.63, 3.8) is 0 Å². The zero-order valence-corrected chi connectivity index (χ0v) is 11.3. The Bertz CT molecular complexity index is 645. The lowest BCUT2D eigenvalue weighted by atomic mass is 9.86. The number of hydrogen-bond acceptors (Lipinski definition) is 2. The second-order valence-electron chi connectivity index (χ2n) is 5.47. The van der Waals surface area contributed by atoms with E-state index in [-0.39, 0.29) is 0 Å². The molecule has 19 heavy (non-hydrogen) atoms. The number of aryl methyl sites for hydroxylation is 1. The highest BCUT2D eigenvalue weighted by molar-refractivity contribution is 5.79. The van der Waals surface area contributed by atoms with Gasteiger partial charge >= 0.3 is 0 Å². The first-order valence-corrected chi connectivity index (χ1v) is 6.91. The predicted octanol–water partition coefficient (Wildman–Crippen LogP) is 2.44. The molecule has 3 nitrogen and oxygen atoms in total. The molecule has 0 amide bonds. The van der Waals surface area contributed by atoms with Gasteiger partial charge in [0.1, 0.15) is 0 Å². The minimum absolute atomic E-state index is 0.339. The molecule has 0 bridgehead atoms. The fraction of sp³-hybridized carbons (Fsp3) is 0.438. The average molecular weight is 253 g/mol. The van der Waals surface area contributed by atoms with E-state index < -0.39 is 0 Å². The molecule has 1 aromatic carbocycles. The van der Waals surface area contributed by atoms with Crippen LogP contribution >= 0.6 is 0 Å². The van der Waals surface area contributed by atoms with Gasteiger partial charge in [-0.3, -0.25) is 4.68 Å². The third-order valence-electron chi connectivity index (χ3n) is 3.76. The fourth-order valence-electron chi connectivity index (χ4n) is 2.76. The lowest BCUT2D eigenvalue weighted by Crippen LogP contribution is -2.27. The van der Waals surface area contributed by atoms with Gasteiger partial charge in [0.15, 0.2) is 0 Å². The van der Waals surface area contributed by atoms with Crippen LogP contribution in [0.3, 0.4) is 0 Å². The number of benzene rings is 1. The van der Waals surface area contributed by atoms with Gasteiger partial charge in [-0.15, -0.1) is 0 Å². The van der Waals surface area contributed by atoms with E-state index in [4.69, 9.17) is 5.73 Å². The van der Waals surface area contributed by atoms with E-state index in [9.17, 15) is 0 Å². The first kappa shape index (κ1) is 12.3. The van der Waals surface area contributed by atoms with Crippen LogP contribution in [-0.2, 0) is 7.05 Å². The molecule has 1 saturated carbocycles. The van der Waals surface area contributed by atoms with E-state index in [0.29, 0.717) is 12.0 Å². The number of aromatic nitrogens is 2. The first-order valence-electron chi connectivity index (χ1n) is 6.91. The topological polar surface area (TPSA) is 43.8 Å². The first-order chi connectivity index (χ1) is 9.20. The van der Waals surface area contributed by atoms with Crippen molar-refractivity contribution >= 4 is 10.9 Å². The highest BCUT2D eigenvalue weighted by atomic mass is 15.2. The van der Waals surface area contributed by atoms with Gasteiger partial charge < -0.3 is 5.73 Å². The van der Waals surface area contributed by atoms with Crippen molar-refractivity contribution in [3.8, 4) is 11.8 Å². The zero-order chi connectivity index (χ0) is 13.2. The van der Waals surface area contributed by atoms with Crippen molar-refractivity contribution in [3.05, 3.63) is 30.0 Å². The highest BCUT2D eigenvalue weighted by Crippen LogP contribution is 2.22. The fourth-order valence-corrected chi connectivity index (χ4v) is 2.76. The van der Waals surface area contributed by atoms with Gasteiger partial charge in [0.2, 0.25) is 0 Å². The van der Waals surface area contributed by atoms with Crippen molar-refractivity contribution in [1.29, 1.82) is 0 Å². The van der Waals surface area contributed by atoms with E-state index in [1.54, 1.807) is 0 Å². The summed E-state index contributed by atoms with van der Waals surface area (Å²) in [6.07, 6.45) is 6.61. The van der Waals surface area contributed by atoms with Crippen LogP contribution in [0.4, 0.5) is 0 Å². The van der Waals surface area contributed by atoms with Gasteiger partial charge in [-0.25, -0.2) is 0 Å². The Morgan fingerprint density at radius 1 is 1.37 bits per heavy atom. The molecular weight excluding hydrogens is 234 g/mol. The second-order valence-corrected chi connectivity index (χ2v) is 5.47. The van der Waals surface area contributed by atoms with Crippen LogP contribution in [0.15, 0.2) is 24.4 Å². The quantitative estimate of drug-likeness (QED) is 0.733. The smallest absolute Gasteiger partial charge is 0.0935 e. The molecule has 3 heteroatoms. The molecule has 2 atom stereocenters. The Balaban J connectivity index is 1.81. The van der Waals surface area contributed by atoms with Gasteiger partial charge in [-0.1, -0.05) is 18.3 Å². The van der Waals surface area contributed by atoms with Crippen LogP contribution in [0.2, 0.25) is 0 Å². The molecule has 0 saturated heterocycles. The lowest BCUT2D eigenvalue weighted by molar-refractivity contribution is 0.381. The molecule has 0 aliphatic heterocycles. The van der Waals surface area contributed by atoms with Crippen LogP contribution < -0.4 is 5.73 Å². The van der Waals surface area contributed by atoms with Gasteiger partial charge in [-0.2, -0.15) is 5.10 Å². The Kier molecular flexibility index (Phi) is 3.27. The monoisotopic (exact) mass is 253 g/mol. The maximum atomic E-state index is 5.99. The molecule has 1 aliphatic rings. The molecule has 98 valence electrons. The van der Waals surface area contributed by atoms with Gasteiger partial charge in [0, 0.05) is 36.2 Å². The Labute approximate surface area is 113 Å². The third-order valence-corrected chi connectivity index (χ3v) is 3.76. The molecule has 1 heterocycles. The molecule has 2 unspecified atom stereocenters. The molecule has 3 rings (SSSR count). The SMILES string of the molecule is Cn1cc2ccc(C#CC3CCCC(N)C3)cc2n1. The Hall–Kier alpha value is -1.79. The summed E-state index contributed by atoms with van der Waals surface area (Å²) in [5.74, 6) is 7.12. The van der Waals surface area contributed by atoms with E-state index in [1.807, 2.05) is 17.9 Å². The van der Waals surface area contributed by atoms with Gasteiger partial charge in [0.25, 0.3) is 0 Å². The minimum Gasteiger partial charge on any atom is -0.328 e. The maximum Gasteiger partial charge on any atom is 0.0935 e. The lowest BCUT2D eigenvalue weighted by Gasteiger charge is -2.22. The second kappa shape index (κ2) is 5.07. The summed E-state index contributed by atoms with van der Waals surface area (Å²) in [5, 5.41) is 5.57. The van der Waals surface area contributed by atoms with Crippen LogP contribution in [0, 0.1) is 17.8 Å². The summed E-state index contributed by atoms with van der Waals surface area (Å²) >= 11 is 0. The normalized spacial score (nSPS) is 23.1. The Morgan fingerprint density at radius 3 is 3.11 bits per heavy atom. The molecule has 2 aromatic rings. The van der Waals surface area contributed by atoms with Crippen LogP contribution in [0.5, 0.6) is 0 Å². The van der Waals surface area contributed by atoms with E-state index >= 15 is 0 Å². The third kappa shape index (κ3) is 2.80. The molecule has 0 spiro atoms. The Morgan fingerprint density at radius 2 is 2.26 bits per heavy atom. The predicted molar refractivity (Wildman–Crippen MR) is 77.5 cm³/mol.